The number of amides is 2. The summed E-state index contributed by atoms with van der Waals surface area (Å²) in [6, 6.07) is 9.66. The fraction of sp³-hybridized carbons (Fsp3) is 0.429. The van der Waals surface area contributed by atoms with Crippen LogP contribution in [0.5, 0.6) is 0 Å². The number of rotatable bonds is 4. The van der Waals surface area contributed by atoms with Crippen molar-refractivity contribution in [1.82, 2.24) is 4.90 Å². The van der Waals surface area contributed by atoms with E-state index in [1.54, 1.807) is 0 Å². The third-order valence-corrected chi connectivity index (χ3v) is 3.01. The van der Waals surface area contributed by atoms with Gasteiger partial charge < -0.3 is 4.74 Å². The molecule has 1 saturated heterocycles. The lowest BCUT2D eigenvalue weighted by atomic mass is 10.1. The van der Waals surface area contributed by atoms with Gasteiger partial charge in [-0.15, -0.1) is 0 Å². The lowest BCUT2D eigenvalue weighted by Crippen LogP contribution is -2.40. The molecule has 0 saturated carbocycles. The summed E-state index contributed by atoms with van der Waals surface area (Å²) < 4.78 is 4.98. The Morgan fingerprint density at radius 3 is 2.78 bits per heavy atom. The van der Waals surface area contributed by atoms with Gasteiger partial charge >= 0.3 is 6.09 Å². The molecule has 1 heterocycles. The molecule has 1 aliphatic rings. The number of carbonyl (C=O) groups excluding carboxylic acids is 2. The van der Waals surface area contributed by atoms with E-state index in [1.165, 1.54) is 4.90 Å². The first-order valence-electron chi connectivity index (χ1n) is 6.25. The van der Waals surface area contributed by atoms with Crippen molar-refractivity contribution in [2.75, 3.05) is 6.61 Å². The van der Waals surface area contributed by atoms with Crippen molar-refractivity contribution in [2.45, 2.75) is 32.2 Å². The minimum atomic E-state index is -0.505. The molecule has 96 valence electrons. The summed E-state index contributed by atoms with van der Waals surface area (Å²) >= 11 is 0. The molecule has 1 fully saturated rings. The molecule has 1 aromatic carbocycles. The van der Waals surface area contributed by atoms with Gasteiger partial charge in [-0.2, -0.15) is 0 Å². The van der Waals surface area contributed by atoms with E-state index < -0.39 is 6.09 Å². The molecule has 2 rings (SSSR count). The second kappa shape index (κ2) is 5.67. The smallest absolute Gasteiger partial charge is 0.416 e. The molecule has 18 heavy (non-hydrogen) atoms. The van der Waals surface area contributed by atoms with E-state index in [1.807, 2.05) is 37.3 Å². The zero-order chi connectivity index (χ0) is 13.0. The number of carbonyl (C=O) groups is 2. The monoisotopic (exact) mass is 247 g/mol. The standard InChI is InChI=1S/C14H17NO3/c1-2-6-13(16)15-12(10-18-14(15)17)9-11-7-4-3-5-8-11/h3-5,7-8,12H,2,6,9-10H2,1H3/t12-/m1/s1. The topological polar surface area (TPSA) is 46.6 Å². The van der Waals surface area contributed by atoms with Crippen LogP contribution in [0.1, 0.15) is 25.3 Å². The first-order chi connectivity index (χ1) is 8.72. The van der Waals surface area contributed by atoms with Crippen molar-refractivity contribution >= 4 is 12.0 Å². The lowest BCUT2D eigenvalue weighted by molar-refractivity contribution is -0.129. The van der Waals surface area contributed by atoms with E-state index in [9.17, 15) is 9.59 Å². The number of hydrogen-bond donors (Lipinski definition) is 0. The molecular weight excluding hydrogens is 230 g/mol. The minimum Gasteiger partial charge on any atom is -0.447 e. The highest BCUT2D eigenvalue weighted by Gasteiger charge is 2.37. The fourth-order valence-electron chi connectivity index (χ4n) is 2.14. The summed E-state index contributed by atoms with van der Waals surface area (Å²) in [5, 5.41) is 0. The summed E-state index contributed by atoms with van der Waals surface area (Å²) in [5.41, 5.74) is 1.11. The van der Waals surface area contributed by atoms with Crippen LogP contribution in [-0.2, 0) is 16.0 Å². The van der Waals surface area contributed by atoms with Crippen LogP contribution in [0.2, 0.25) is 0 Å². The predicted molar refractivity (Wildman–Crippen MR) is 67.0 cm³/mol. The fourth-order valence-corrected chi connectivity index (χ4v) is 2.14. The number of ether oxygens (including phenoxy) is 1. The number of hydrogen-bond acceptors (Lipinski definition) is 3. The van der Waals surface area contributed by atoms with Crippen LogP contribution in [0, 0.1) is 0 Å². The van der Waals surface area contributed by atoms with Crippen molar-refractivity contribution < 1.29 is 14.3 Å². The third-order valence-electron chi connectivity index (χ3n) is 3.01. The van der Waals surface area contributed by atoms with Crippen LogP contribution in [0.4, 0.5) is 4.79 Å². The second-order valence-electron chi connectivity index (χ2n) is 4.43. The zero-order valence-electron chi connectivity index (χ0n) is 10.5. The zero-order valence-corrected chi connectivity index (χ0v) is 10.5. The minimum absolute atomic E-state index is 0.138. The average molecular weight is 247 g/mol. The summed E-state index contributed by atoms with van der Waals surface area (Å²) in [4.78, 5) is 24.7. The molecule has 0 aromatic heterocycles. The van der Waals surface area contributed by atoms with E-state index in [-0.39, 0.29) is 11.9 Å². The molecule has 0 radical (unpaired) electrons. The summed E-state index contributed by atoms with van der Waals surface area (Å²) in [6.07, 6.45) is 1.28. The molecule has 0 unspecified atom stereocenters. The first kappa shape index (κ1) is 12.6. The molecular formula is C14H17NO3. The largest absolute Gasteiger partial charge is 0.447 e. The number of nitrogens with zero attached hydrogens (tertiary/aromatic N) is 1. The highest BCUT2D eigenvalue weighted by atomic mass is 16.6. The van der Waals surface area contributed by atoms with E-state index in [0.29, 0.717) is 19.4 Å². The summed E-state index contributed by atoms with van der Waals surface area (Å²) in [6.45, 7) is 2.22. The maximum absolute atomic E-state index is 11.9. The average Bonchev–Trinajstić information content (AvgIpc) is 2.72. The van der Waals surface area contributed by atoms with Crippen LogP contribution < -0.4 is 0 Å². The van der Waals surface area contributed by atoms with Crippen molar-refractivity contribution in [2.24, 2.45) is 0 Å². The van der Waals surface area contributed by atoms with Crippen molar-refractivity contribution in [3.8, 4) is 0 Å². The van der Waals surface area contributed by atoms with E-state index >= 15 is 0 Å². The Morgan fingerprint density at radius 2 is 2.11 bits per heavy atom. The Bertz CT molecular complexity index is 430. The highest BCUT2D eigenvalue weighted by molar-refractivity contribution is 5.93. The summed E-state index contributed by atoms with van der Waals surface area (Å²) in [5.74, 6) is -0.138. The van der Waals surface area contributed by atoms with E-state index in [4.69, 9.17) is 4.74 Å². The molecule has 0 aliphatic carbocycles. The van der Waals surface area contributed by atoms with Crippen molar-refractivity contribution in [3.63, 3.8) is 0 Å². The van der Waals surface area contributed by atoms with Gasteiger partial charge in [0.1, 0.15) is 6.61 Å². The predicted octanol–water partition coefficient (Wildman–Crippen LogP) is 2.38. The molecule has 1 aliphatic heterocycles. The molecule has 2 amide bonds. The van der Waals surface area contributed by atoms with Crippen molar-refractivity contribution in [3.05, 3.63) is 35.9 Å². The van der Waals surface area contributed by atoms with Gasteiger partial charge in [0, 0.05) is 6.42 Å². The van der Waals surface area contributed by atoms with Gasteiger partial charge in [0.15, 0.2) is 0 Å². The maximum atomic E-state index is 11.9. The van der Waals surface area contributed by atoms with Gasteiger partial charge in [-0.3, -0.25) is 4.79 Å². The molecule has 0 bridgehead atoms. The normalized spacial score (nSPS) is 18.8. The van der Waals surface area contributed by atoms with Crippen molar-refractivity contribution in [1.29, 1.82) is 0 Å². The summed E-state index contributed by atoms with van der Waals surface area (Å²) in [7, 11) is 0. The van der Waals surface area contributed by atoms with Gasteiger partial charge in [-0.1, -0.05) is 37.3 Å². The highest BCUT2D eigenvalue weighted by Crippen LogP contribution is 2.18. The van der Waals surface area contributed by atoms with E-state index in [2.05, 4.69) is 0 Å². The quantitative estimate of drug-likeness (QED) is 0.820. The molecule has 4 nitrogen and oxygen atoms in total. The van der Waals surface area contributed by atoms with Crippen LogP contribution in [0.3, 0.4) is 0 Å². The van der Waals surface area contributed by atoms with Gasteiger partial charge in [0.05, 0.1) is 6.04 Å². The number of imide groups is 1. The molecule has 4 heteroatoms. The van der Waals surface area contributed by atoms with Crippen LogP contribution in [-0.4, -0.2) is 29.5 Å². The SMILES string of the molecule is CCCC(=O)N1C(=O)OC[C@H]1Cc1ccccc1. The Labute approximate surface area is 107 Å². The Morgan fingerprint density at radius 1 is 1.39 bits per heavy atom. The molecule has 0 spiro atoms. The Kier molecular flexibility index (Phi) is 3.97. The Balaban J connectivity index is 2.07. The van der Waals surface area contributed by atoms with Crippen LogP contribution in [0.15, 0.2) is 30.3 Å². The third kappa shape index (κ3) is 2.70. The van der Waals surface area contributed by atoms with Crippen LogP contribution in [0.25, 0.3) is 0 Å². The maximum Gasteiger partial charge on any atom is 0.416 e. The van der Waals surface area contributed by atoms with Gasteiger partial charge in [0.25, 0.3) is 0 Å². The molecule has 1 aromatic rings. The van der Waals surface area contributed by atoms with Gasteiger partial charge in [-0.25, -0.2) is 9.69 Å². The lowest BCUT2D eigenvalue weighted by Gasteiger charge is -2.19. The van der Waals surface area contributed by atoms with Crippen LogP contribution >= 0.6 is 0 Å². The first-order valence-corrected chi connectivity index (χ1v) is 6.25. The number of cyclic esters (lactones) is 1. The van der Waals surface area contributed by atoms with E-state index in [0.717, 1.165) is 12.0 Å². The van der Waals surface area contributed by atoms with Gasteiger partial charge in [-0.05, 0) is 18.4 Å². The Hall–Kier alpha value is -1.84. The molecule has 1 atom stereocenters. The second-order valence-corrected chi connectivity index (χ2v) is 4.43. The number of benzene rings is 1. The van der Waals surface area contributed by atoms with Gasteiger partial charge in [0.2, 0.25) is 5.91 Å². The molecule has 0 N–H and O–H groups in total.